The van der Waals surface area contributed by atoms with E-state index in [-0.39, 0.29) is 11.7 Å². The maximum Gasteiger partial charge on any atom is 0.155 e. The molecule has 1 aromatic carbocycles. The van der Waals surface area contributed by atoms with Gasteiger partial charge in [-0.1, -0.05) is 12.1 Å². The molecular formula is C16H27NO3S. The van der Waals surface area contributed by atoms with Crippen LogP contribution in [0.3, 0.4) is 0 Å². The predicted octanol–water partition coefficient (Wildman–Crippen LogP) is 2.42. The number of ether oxygens (including phenoxy) is 1. The third-order valence-electron chi connectivity index (χ3n) is 3.72. The van der Waals surface area contributed by atoms with Crippen molar-refractivity contribution in [2.45, 2.75) is 38.4 Å². The van der Waals surface area contributed by atoms with Crippen LogP contribution in [0.25, 0.3) is 0 Å². The van der Waals surface area contributed by atoms with Gasteiger partial charge in [-0.15, -0.1) is 0 Å². The van der Waals surface area contributed by atoms with Crippen LogP contribution < -0.4 is 10.5 Å². The quantitative estimate of drug-likeness (QED) is 0.839. The van der Waals surface area contributed by atoms with E-state index in [0.717, 1.165) is 17.7 Å². The van der Waals surface area contributed by atoms with E-state index in [4.69, 9.17) is 10.5 Å². The van der Waals surface area contributed by atoms with Crippen LogP contribution in [0, 0.1) is 5.92 Å². The molecular weight excluding hydrogens is 286 g/mol. The van der Waals surface area contributed by atoms with E-state index >= 15 is 0 Å². The third-order valence-corrected chi connectivity index (χ3v) is 6.36. The fraction of sp³-hybridized carbons (Fsp3) is 0.625. The lowest BCUT2D eigenvalue weighted by Gasteiger charge is -2.21. The van der Waals surface area contributed by atoms with Crippen molar-refractivity contribution in [1.29, 1.82) is 0 Å². The second-order valence-corrected chi connectivity index (χ2v) is 9.24. The summed E-state index contributed by atoms with van der Waals surface area (Å²) >= 11 is 0. The summed E-state index contributed by atoms with van der Waals surface area (Å²) in [7, 11) is -1.45. The van der Waals surface area contributed by atoms with E-state index in [1.807, 2.05) is 24.3 Å². The van der Waals surface area contributed by atoms with Gasteiger partial charge in [0.1, 0.15) is 5.75 Å². The van der Waals surface area contributed by atoms with Crippen LogP contribution in [0.2, 0.25) is 0 Å². The Morgan fingerprint density at radius 2 is 1.95 bits per heavy atom. The molecule has 0 amide bonds. The molecule has 0 aliphatic carbocycles. The minimum absolute atomic E-state index is 0.161. The highest BCUT2D eigenvalue weighted by molar-refractivity contribution is 7.92. The fourth-order valence-corrected chi connectivity index (χ4v) is 3.32. The maximum atomic E-state index is 12.2. The van der Waals surface area contributed by atoms with Crippen LogP contribution in [-0.4, -0.2) is 32.6 Å². The molecule has 0 fully saturated rings. The summed E-state index contributed by atoms with van der Waals surface area (Å²) in [5.41, 5.74) is 6.93. The monoisotopic (exact) mass is 313 g/mol. The molecule has 0 saturated heterocycles. The van der Waals surface area contributed by atoms with Crippen molar-refractivity contribution in [1.82, 2.24) is 0 Å². The highest BCUT2D eigenvalue weighted by Gasteiger charge is 2.29. The molecule has 0 spiro atoms. The molecule has 2 N–H and O–H groups in total. The Morgan fingerprint density at radius 3 is 2.48 bits per heavy atom. The zero-order valence-electron chi connectivity index (χ0n) is 13.4. The van der Waals surface area contributed by atoms with Crippen LogP contribution in [-0.2, 0) is 16.3 Å². The van der Waals surface area contributed by atoms with E-state index in [1.54, 1.807) is 27.9 Å². The first-order valence-corrected chi connectivity index (χ1v) is 8.90. The molecule has 0 heterocycles. The molecule has 1 unspecified atom stereocenters. The molecule has 0 aromatic heterocycles. The number of hydrogen-bond acceptors (Lipinski definition) is 4. The first-order valence-electron chi connectivity index (χ1n) is 7.25. The van der Waals surface area contributed by atoms with Gasteiger partial charge in [-0.3, -0.25) is 0 Å². The van der Waals surface area contributed by atoms with Gasteiger partial charge in [0.2, 0.25) is 0 Å². The maximum absolute atomic E-state index is 12.2. The van der Waals surface area contributed by atoms with Crippen LogP contribution in [0.5, 0.6) is 5.75 Å². The number of sulfone groups is 1. The van der Waals surface area contributed by atoms with Crippen molar-refractivity contribution >= 4 is 9.84 Å². The number of nitrogens with two attached hydrogens (primary N) is 1. The van der Waals surface area contributed by atoms with Crippen LogP contribution in [0.4, 0.5) is 0 Å². The van der Waals surface area contributed by atoms with E-state index in [0.29, 0.717) is 13.0 Å². The molecule has 120 valence electrons. The smallest absolute Gasteiger partial charge is 0.155 e. The van der Waals surface area contributed by atoms with Crippen molar-refractivity contribution < 1.29 is 13.2 Å². The molecule has 0 saturated carbocycles. The largest absolute Gasteiger partial charge is 0.497 e. The van der Waals surface area contributed by atoms with E-state index in [9.17, 15) is 8.42 Å². The lowest BCUT2D eigenvalue weighted by molar-refractivity contribution is 0.413. The first-order chi connectivity index (χ1) is 9.69. The van der Waals surface area contributed by atoms with Gasteiger partial charge in [0, 0.05) is 0 Å². The van der Waals surface area contributed by atoms with Crippen LogP contribution >= 0.6 is 0 Å². The van der Waals surface area contributed by atoms with E-state index < -0.39 is 14.6 Å². The average Bonchev–Trinajstić information content (AvgIpc) is 2.42. The summed E-state index contributed by atoms with van der Waals surface area (Å²) in [6, 6.07) is 7.82. The van der Waals surface area contributed by atoms with Gasteiger partial charge in [0.25, 0.3) is 0 Å². The summed E-state index contributed by atoms with van der Waals surface area (Å²) in [6.45, 7) is 5.70. The van der Waals surface area contributed by atoms with Crippen LogP contribution in [0.15, 0.2) is 24.3 Å². The van der Waals surface area contributed by atoms with Crippen molar-refractivity contribution in [3.8, 4) is 5.75 Å². The van der Waals surface area contributed by atoms with Crippen molar-refractivity contribution in [2.75, 3.05) is 19.4 Å². The average molecular weight is 313 g/mol. The van der Waals surface area contributed by atoms with Crippen LogP contribution in [0.1, 0.15) is 32.8 Å². The van der Waals surface area contributed by atoms with Crippen molar-refractivity contribution in [3.05, 3.63) is 29.8 Å². The summed E-state index contributed by atoms with van der Waals surface area (Å²) in [5, 5.41) is 0. The van der Waals surface area contributed by atoms with E-state index in [2.05, 4.69) is 0 Å². The van der Waals surface area contributed by atoms with Crippen molar-refractivity contribution in [2.24, 2.45) is 11.7 Å². The molecule has 21 heavy (non-hydrogen) atoms. The molecule has 1 aromatic rings. The topological polar surface area (TPSA) is 69.4 Å². The highest BCUT2D eigenvalue weighted by atomic mass is 32.2. The molecule has 0 radical (unpaired) electrons. The Morgan fingerprint density at radius 1 is 1.29 bits per heavy atom. The Bertz CT molecular complexity index is 547. The summed E-state index contributed by atoms with van der Waals surface area (Å²) < 4.78 is 28.8. The number of benzene rings is 1. The SMILES string of the molecule is COc1cccc(CC(CN)CCS(=O)(=O)C(C)(C)C)c1. The summed E-state index contributed by atoms with van der Waals surface area (Å²) in [4.78, 5) is 0. The molecule has 1 atom stereocenters. The Kier molecular flexibility index (Phi) is 6.23. The lowest BCUT2D eigenvalue weighted by Crippen LogP contribution is -2.32. The Hall–Kier alpha value is -1.07. The standard InChI is InChI=1S/C16H27NO3S/c1-16(2,3)21(18,19)9-8-14(12-17)10-13-6-5-7-15(11-13)20-4/h5-7,11,14H,8-10,12,17H2,1-4H3. The Balaban J connectivity index is 2.68. The minimum atomic E-state index is -3.09. The normalized spacial score (nSPS) is 14.0. The second-order valence-electron chi connectivity index (χ2n) is 6.38. The van der Waals surface area contributed by atoms with Gasteiger partial charge in [0.05, 0.1) is 17.6 Å². The summed E-state index contributed by atoms with van der Waals surface area (Å²) in [6.07, 6.45) is 1.36. The van der Waals surface area contributed by atoms with Crippen molar-refractivity contribution in [3.63, 3.8) is 0 Å². The van der Waals surface area contributed by atoms with Gasteiger partial charge in [-0.25, -0.2) is 8.42 Å². The number of rotatable bonds is 7. The van der Waals surface area contributed by atoms with E-state index in [1.165, 1.54) is 0 Å². The van der Waals surface area contributed by atoms with Gasteiger partial charge in [-0.05, 0) is 63.8 Å². The zero-order valence-corrected chi connectivity index (χ0v) is 14.2. The van der Waals surface area contributed by atoms with Gasteiger partial charge < -0.3 is 10.5 Å². The van der Waals surface area contributed by atoms with Gasteiger partial charge >= 0.3 is 0 Å². The third kappa shape index (κ3) is 5.32. The molecule has 0 aliphatic heterocycles. The molecule has 0 bridgehead atoms. The first kappa shape index (κ1) is 18.0. The number of hydrogen-bond donors (Lipinski definition) is 1. The molecule has 5 heteroatoms. The molecule has 0 aliphatic rings. The van der Waals surface area contributed by atoms with Gasteiger partial charge in [0.15, 0.2) is 9.84 Å². The zero-order chi connectivity index (χ0) is 16.1. The summed E-state index contributed by atoms with van der Waals surface area (Å²) in [5.74, 6) is 1.15. The number of methoxy groups -OCH3 is 1. The fourth-order valence-electron chi connectivity index (χ4n) is 2.06. The Labute approximate surface area is 128 Å². The molecule has 4 nitrogen and oxygen atoms in total. The van der Waals surface area contributed by atoms with Gasteiger partial charge in [-0.2, -0.15) is 0 Å². The molecule has 1 rings (SSSR count). The minimum Gasteiger partial charge on any atom is -0.497 e. The lowest BCUT2D eigenvalue weighted by atomic mass is 9.97. The highest BCUT2D eigenvalue weighted by Crippen LogP contribution is 2.21. The second kappa shape index (κ2) is 7.27. The predicted molar refractivity (Wildman–Crippen MR) is 87.4 cm³/mol.